The van der Waals surface area contributed by atoms with Crippen molar-refractivity contribution in [2.45, 2.75) is 48.8 Å². The molecule has 9 heteroatoms. The van der Waals surface area contributed by atoms with Crippen LogP contribution in [0.15, 0.2) is 48.6 Å². The summed E-state index contributed by atoms with van der Waals surface area (Å²) in [7, 11) is 0. The second kappa shape index (κ2) is 9.23. The molecule has 36 heavy (non-hydrogen) atoms. The van der Waals surface area contributed by atoms with Crippen molar-refractivity contribution in [1.29, 1.82) is 0 Å². The maximum absolute atomic E-state index is 14.4. The van der Waals surface area contributed by atoms with Crippen LogP contribution in [0.25, 0.3) is 0 Å². The average Bonchev–Trinajstić information content (AvgIpc) is 3.11. The summed E-state index contributed by atoms with van der Waals surface area (Å²) in [6.07, 6.45) is 8.38. The number of ether oxygens (including phenoxy) is 1. The molecule has 2 saturated heterocycles. The molecule has 0 aromatic heterocycles. The number of aliphatic hydroxyl groups excluding tert-OH is 1. The lowest BCUT2D eigenvalue weighted by Crippen LogP contribution is -2.58. The maximum atomic E-state index is 14.4. The molecule has 192 valence electrons. The first-order valence-corrected chi connectivity index (χ1v) is 13.6. The van der Waals surface area contributed by atoms with Crippen molar-refractivity contribution < 1.29 is 24.2 Å². The molecule has 1 unspecified atom stereocenters. The fourth-order valence-corrected chi connectivity index (χ4v) is 8.58. The van der Waals surface area contributed by atoms with Crippen LogP contribution in [-0.2, 0) is 19.1 Å². The molecule has 2 fully saturated rings. The van der Waals surface area contributed by atoms with Crippen LogP contribution in [0.3, 0.4) is 0 Å². The summed E-state index contributed by atoms with van der Waals surface area (Å²) in [5, 5.41) is 11.0. The van der Waals surface area contributed by atoms with E-state index in [0.717, 1.165) is 6.42 Å². The van der Waals surface area contributed by atoms with Gasteiger partial charge < -0.3 is 19.6 Å². The zero-order valence-electron chi connectivity index (χ0n) is 20.6. The summed E-state index contributed by atoms with van der Waals surface area (Å²) in [6.45, 7) is 6.14. The van der Waals surface area contributed by atoms with Gasteiger partial charge in [-0.15, -0.1) is 11.8 Å². The molecule has 7 nitrogen and oxygen atoms in total. The molecule has 0 radical (unpaired) electrons. The third kappa shape index (κ3) is 3.63. The summed E-state index contributed by atoms with van der Waals surface area (Å²) in [5.41, 5.74) is 0.675. The Bertz CT molecular complexity index is 1140. The number of esters is 1. The molecule has 4 aliphatic rings. The molecular formula is C27H31ClN2O5S. The monoisotopic (exact) mass is 530 g/mol. The summed E-state index contributed by atoms with van der Waals surface area (Å²) in [5.74, 6) is -2.49. The number of hydrogen-bond acceptors (Lipinski definition) is 6. The molecule has 7 atom stereocenters. The second-order valence-corrected chi connectivity index (χ2v) is 12.5. The van der Waals surface area contributed by atoms with E-state index in [0.29, 0.717) is 17.3 Å². The van der Waals surface area contributed by atoms with E-state index >= 15 is 0 Å². The van der Waals surface area contributed by atoms with Gasteiger partial charge in [0.2, 0.25) is 5.91 Å². The number of fused-ring (bicyclic) bond motifs is 2. The molecular weight excluding hydrogens is 500 g/mol. The Balaban J connectivity index is 1.69. The van der Waals surface area contributed by atoms with Crippen LogP contribution in [0.2, 0.25) is 5.02 Å². The third-order valence-electron chi connectivity index (χ3n) is 8.23. The topological polar surface area (TPSA) is 87.2 Å². The average molecular weight is 531 g/mol. The number of hydrogen-bond donors (Lipinski definition) is 1. The van der Waals surface area contributed by atoms with E-state index < -0.39 is 39.4 Å². The van der Waals surface area contributed by atoms with Gasteiger partial charge in [-0.3, -0.25) is 14.4 Å². The number of amides is 2. The van der Waals surface area contributed by atoms with Crippen molar-refractivity contribution >= 4 is 46.8 Å². The lowest BCUT2D eigenvalue weighted by Gasteiger charge is -2.41. The van der Waals surface area contributed by atoms with Crippen LogP contribution in [0.4, 0.5) is 5.69 Å². The lowest BCUT2D eigenvalue weighted by atomic mass is 9.75. The molecule has 1 aromatic carbocycles. The summed E-state index contributed by atoms with van der Waals surface area (Å²) in [6, 6.07) is 5.60. The van der Waals surface area contributed by atoms with Crippen molar-refractivity contribution in [3.63, 3.8) is 0 Å². The van der Waals surface area contributed by atoms with Crippen LogP contribution in [-0.4, -0.2) is 69.1 Å². The van der Waals surface area contributed by atoms with Gasteiger partial charge in [-0.25, -0.2) is 0 Å². The smallest absolute Gasteiger partial charge is 0.311 e. The van der Waals surface area contributed by atoms with Gasteiger partial charge in [0.25, 0.3) is 5.91 Å². The Morgan fingerprint density at radius 3 is 2.53 bits per heavy atom. The third-order valence-corrected chi connectivity index (χ3v) is 10.3. The predicted octanol–water partition coefficient (Wildman–Crippen LogP) is 3.45. The minimum atomic E-state index is -0.976. The van der Waals surface area contributed by atoms with Gasteiger partial charge >= 0.3 is 5.97 Å². The molecule has 0 bridgehead atoms. The van der Waals surface area contributed by atoms with Crippen LogP contribution in [0, 0.1) is 17.8 Å². The van der Waals surface area contributed by atoms with Crippen molar-refractivity contribution in [3.05, 3.63) is 53.6 Å². The highest BCUT2D eigenvalue weighted by Gasteiger charge is 2.74. The number of cyclic esters (lactones) is 1. The van der Waals surface area contributed by atoms with Crippen molar-refractivity contribution in [3.8, 4) is 0 Å². The number of halogens is 1. The number of nitrogens with zero attached hydrogens (tertiary/aromatic N) is 2. The highest BCUT2D eigenvalue weighted by atomic mass is 35.5. The Hall–Kier alpha value is -2.29. The molecule has 1 spiro atoms. The van der Waals surface area contributed by atoms with Crippen molar-refractivity contribution in [2.75, 3.05) is 24.7 Å². The number of likely N-dealkylation sites (tertiary alicyclic amines) is 1. The zero-order chi connectivity index (χ0) is 25.8. The molecule has 1 N–H and O–H groups in total. The molecule has 0 aliphatic carbocycles. The van der Waals surface area contributed by atoms with Gasteiger partial charge in [0, 0.05) is 22.0 Å². The number of rotatable bonds is 5. The normalized spacial score (nSPS) is 35.0. The quantitative estimate of drug-likeness (QED) is 0.463. The van der Waals surface area contributed by atoms with Crippen molar-refractivity contribution in [1.82, 2.24) is 4.90 Å². The Kier molecular flexibility index (Phi) is 6.50. The van der Waals surface area contributed by atoms with Gasteiger partial charge in [-0.05, 0) is 43.2 Å². The van der Waals surface area contributed by atoms with E-state index in [1.807, 2.05) is 45.1 Å². The molecule has 1 aromatic rings. The van der Waals surface area contributed by atoms with E-state index in [4.69, 9.17) is 16.3 Å². The van der Waals surface area contributed by atoms with E-state index in [1.165, 1.54) is 11.8 Å². The minimum Gasteiger partial charge on any atom is -0.461 e. The Labute approximate surface area is 220 Å². The lowest BCUT2D eigenvalue weighted by molar-refractivity contribution is -0.153. The fraction of sp³-hybridized carbons (Fsp3) is 0.519. The van der Waals surface area contributed by atoms with Crippen LogP contribution in [0.5, 0.6) is 0 Å². The molecule has 4 aliphatic heterocycles. The first-order valence-electron chi connectivity index (χ1n) is 12.4. The molecule has 4 heterocycles. The minimum absolute atomic E-state index is 0.0452. The predicted molar refractivity (Wildman–Crippen MR) is 140 cm³/mol. The summed E-state index contributed by atoms with van der Waals surface area (Å²) < 4.78 is 3.79. The summed E-state index contributed by atoms with van der Waals surface area (Å²) in [4.78, 5) is 45.2. The Morgan fingerprint density at radius 2 is 1.86 bits per heavy atom. The number of carbonyl (C=O) groups excluding carboxylic acids is 3. The number of thioether (sulfide) groups is 1. The molecule has 0 saturated carbocycles. The number of aliphatic hydroxyl groups is 1. The summed E-state index contributed by atoms with van der Waals surface area (Å²) >= 11 is 7.59. The van der Waals surface area contributed by atoms with Gasteiger partial charge in [0.15, 0.2) is 0 Å². The van der Waals surface area contributed by atoms with E-state index in [-0.39, 0.29) is 30.9 Å². The van der Waals surface area contributed by atoms with E-state index in [2.05, 4.69) is 0 Å². The number of carbonyl (C=O) groups is 3. The fourth-order valence-electron chi connectivity index (χ4n) is 6.32. The Morgan fingerprint density at radius 1 is 1.14 bits per heavy atom. The zero-order valence-corrected chi connectivity index (χ0v) is 22.2. The molecule has 5 rings (SSSR count). The number of anilines is 1. The van der Waals surface area contributed by atoms with Gasteiger partial charge in [-0.1, -0.05) is 50.1 Å². The largest absolute Gasteiger partial charge is 0.461 e. The van der Waals surface area contributed by atoms with E-state index in [9.17, 15) is 19.5 Å². The van der Waals surface area contributed by atoms with Crippen molar-refractivity contribution in [2.24, 2.45) is 17.8 Å². The molecule has 2 amide bonds. The van der Waals surface area contributed by atoms with Gasteiger partial charge in [-0.2, -0.15) is 0 Å². The van der Waals surface area contributed by atoms with E-state index in [1.54, 1.807) is 34.1 Å². The SMILES string of the molecule is CC[C@H](C)[C@H](CO)N1C(=O)[C@@H]2[C@@H]3C(=O)OCC=C[C@]3(C)S[C@@]23C=CCN(c2ccc(Cl)cc2)C(=O)C13. The van der Waals surface area contributed by atoms with Crippen LogP contribution < -0.4 is 4.90 Å². The first-order chi connectivity index (χ1) is 17.2. The van der Waals surface area contributed by atoms with Gasteiger partial charge in [0.1, 0.15) is 12.6 Å². The highest BCUT2D eigenvalue weighted by molar-refractivity contribution is 8.02. The highest BCUT2D eigenvalue weighted by Crippen LogP contribution is 2.65. The standard InChI is InChI=1S/C27H31ClN2O5S/c1-4-16(2)19(15-31)30-22-24(33)29(18-9-7-17(28)8-10-18)13-5-12-27(22)20(23(30)32)21-25(34)35-14-6-11-26(21,3)36-27/h5-12,16,19-22,31H,4,13-15H2,1-3H3/t16-,19-,20-,21+,22?,26-,27-/m0/s1. The van der Waals surface area contributed by atoms with Gasteiger partial charge in [0.05, 0.1) is 29.2 Å². The van der Waals surface area contributed by atoms with Crippen LogP contribution in [0.1, 0.15) is 27.2 Å². The van der Waals surface area contributed by atoms with Crippen LogP contribution >= 0.6 is 23.4 Å². The second-order valence-electron chi connectivity index (χ2n) is 10.2. The number of benzene rings is 1. The first kappa shape index (κ1) is 25.4. The maximum Gasteiger partial charge on any atom is 0.311 e.